The molecule has 3 rings (SSSR count). The molecule has 4 nitrogen and oxygen atoms in total. The van der Waals surface area contributed by atoms with Crippen molar-refractivity contribution in [1.29, 1.82) is 0 Å². The van der Waals surface area contributed by atoms with Gasteiger partial charge in [0.1, 0.15) is 6.29 Å². The van der Waals surface area contributed by atoms with Gasteiger partial charge in [-0.15, -0.1) is 0 Å². The number of hydrogen-bond donors (Lipinski definition) is 0. The van der Waals surface area contributed by atoms with Crippen LogP contribution in [0.4, 0.5) is 5.69 Å². The molecule has 2 aliphatic heterocycles. The van der Waals surface area contributed by atoms with E-state index in [4.69, 9.17) is 11.6 Å². The molecule has 4 unspecified atom stereocenters. The van der Waals surface area contributed by atoms with Crippen molar-refractivity contribution in [3.63, 3.8) is 0 Å². The fraction of sp³-hybridized carbons (Fsp3) is 0.694. The van der Waals surface area contributed by atoms with E-state index in [9.17, 15) is 4.79 Å². The van der Waals surface area contributed by atoms with Crippen molar-refractivity contribution in [2.75, 3.05) is 44.2 Å². The summed E-state index contributed by atoms with van der Waals surface area (Å²) in [4.78, 5) is 19.7. The number of likely N-dealkylation sites (tertiary alicyclic amines) is 1. The first-order valence-electron chi connectivity index (χ1n) is 16.7. The molecule has 2 aliphatic rings. The quantitative estimate of drug-likeness (QED) is 0.181. The predicted molar refractivity (Wildman–Crippen MR) is 181 cm³/mol. The van der Waals surface area contributed by atoms with Crippen LogP contribution in [-0.4, -0.2) is 67.4 Å². The van der Waals surface area contributed by atoms with Crippen LogP contribution in [0.2, 0.25) is 0 Å². The van der Waals surface area contributed by atoms with Gasteiger partial charge in [-0.2, -0.15) is 0 Å². The lowest BCUT2D eigenvalue weighted by molar-refractivity contribution is 0.112. The average Bonchev–Trinajstić information content (AvgIpc) is 2.98. The Labute approximate surface area is 258 Å². The van der Waals surface area contributed by atoms with Crippen LogP contribution in [0.5, 0.6) is 0 Å². The van der Waals surface area contributed by atoms with Crippen molar-refractivity contribution >= 4 is 23.6 Å². The maximum atomic E-state index is 11.7. The lowest BCUT2D eigenvalue weighted by Gasteiger charge is -2.44. The number of carbonyl (C=O) groups is 1. The van der Waals surface area contributed by atoms with Crippen LogP contribution in [0.25, 0.3) is 0 Å². The standard InChI is InChI=1S/C33H52ClN3O.C3H8/c1-5-8-13-30-15-14-29(26-38)23-33(30)37-22-21-36(20-10-19-35-18-9-12-28(7-3)25-35)32(16-17-34)24-31(11-6-2)27(37)4;1-3-2/h6,11,14-17,23,26-28,31-32H,5,7-10,12-13,18-22,24-25H2,1-4H3;3H2,1-2H3/b11-6-,17-16+;. The number of benzene rings is 1. The molecule has 0 spiro atoms. The van der Waals surface area contributed by atoms with Gasteiger partial charge < -0.3 is 9.80 Å². The molecular weight excluding hydrogens is 526 g/mol. The van der Waals surface area contributed by atoms with Crippen molar-refractivity contribution in [2.45, 2.75) is 111 Å². The predicted octanol–water partition coefficient (Wildman–Crippen LogP) is 8.98. The zero-order valence-corrected chi connectivity index (χ0v) is 27.9. The van der Waals surface area contributed by atoms with Gasteiger partial charge in [-0.05, 0) is 88.9 Å². The van der Waals surface area contributed by atoms with E-state index in [-0.39, 0.29) is 0 Å². The fourth-order valence-electron chi connectivity index (χ4n) is 6.54. The Bertz CT molecular complexity index is 916. The summed E-state index contributed by atoms with van der Waals surface area (Å²) in [6, 6.07) is 6.97. The smallest absolute Gasteiger partial charge is 0.150 e. The van der Waals surface area contributed by atoms with Gasteiger partial charge in [0, 0.05) is 55.0 Å². The van der Waals surface area contributed by atoms with Gasteiger partial charge in [0.15, 0.2) is 0 Å². The number of allylic oxidation sites excluding steroid dienone is 1. The molecule has 2 heterocycles. The number of carbonyl (C=O) groups excluding carboxylic acids is 1. The number of aryl methyl sites for hydroxylation is 1. The highest BCUT2D eigenvalue weighted by Gasteiger charge is 2.31. The minimum absolute atomic E-state index is 0.334. The van der Waals surface area contributed by atoms with E-state index < -0.39 is 0 Å². The Kier molecular flexibility index (Phi) is 17.6. The van der Waals surface area contributed by atoms with Gasteiger partial charge >= 0.3 is 0 Å². The summed E-state index contributed by atoms with van der Waals surface area (Å²) in [6.45, 7) is 20.1. The first-order chi connectivity index (χ1) is 20.0. The first kappa shape index (κ1) is 35.6. The third-order valence-corrected chi connectivity index (χ3v) is 9.06. The molecule has 2 saturated heterocycles. The number of aldehydes is 1. The minimum Gasteiger partial charge on any atom is -0.367 e. The Hall–Kier alpha value is -1.62. The molecule has 0 bridgehead atoms. The number of anilines is 1. The van der Waals surface area contributed by atoms with E-state index in [0.717, 1.165) is 56.7 Å². The number of hydrogen-bond acceptors (Lipinski definition) is 4. The molecule has 0 saturated carbocycles. The summed E-state index contributed by atoms with van der Waals surface area (Å²) in [5.41, 5.74) is 5.10. The molecule has 5 heteroatoms. The second-order valence-corrected chi connectivity index (χ2v) is 12.4. The molecule has 0 amide bonds. The molecule has 232 valence electrons. The van der Waals surface area contributed by atoms with Crippen LogP contribution in [-0.2, 0) is 6.42 Å². The lowest BCUT2D eigenvalue weighted by atomic mass is 9.88. The SMILES string of the molecule is C/C=C\C1CC(/C=C/Cl)N(CCCN2CCCC(CC)C2)CCN(c2cc(C=O)ccc2CCCC)C1C.CCC. The highest BCUT2D eigenvalue weighted by atomic mass is 35.5. The molecule has 2 fully saturated rings. The first-order valence-corrected chi connectivity index (χ1v) is 17.1. The zero-order valence-electron chi connectivity index (χ0n) is 27.2. The largest absolute Gasteiger partial charge is 0.367 e. The Balaban J connectivity index is 0.00000187. The molecule has 1 aromatic rings. The molecule has 1 aromatic carbocycles. The van der Waals surface area contributed by atoms with Crippen LogP contribution in [0.3, 0.4) is 0 Å². The van der Waals surface area contributed by atoms with E-state index in [1.807, 2.05) is 6.07 Å². The van der Waals surface area contributed by atoms with Gasteiger partial charge in [0.2, 0.25) is 0 Å². The number of rotatable bonds is 12. The van der Waals surface area contributed by atoms with Crippen LogP contribution in [0.15, 0.2) is 42.0 Å². The Morgan fingerprint density at radius 2 is 1.80 bits per heavy atom. The van der Waals surface area contributed by atoms with Gasteiger partial charge in [-0.3, -0.25) is 9.69 Å². The van der Waals surface area contributed by atoms with Gasteiger partial charge in [0.25, 0.3) is 0 Å². The van der Waals surface area contributed by atoms with E-state index in [1.54, 1.807) is 5.54 Å². The summed E-state index contributed by atoms with van der Waals surface area (Å²) in [5, 5.41) is 0. The molecule has 0 N–H and O–H groups in total. The maximum absolute atomic E-state index is 11.7. The normalized spacial score (nSPS) is 24.7. The van der Waals surface area contributed by atoms with Gasteiger partial charge in [-0.25, -0.2) is 0 Å². The third-order valence-electron chi connectivity index (χ3n) is 8.91. The van der Waals surface area contributed by atoms with Crippen molar-refractivity contribution in [3.05, 3.63) is 53.1 Å². The van der Waals surface area contributed by atoms with Crippen molar-refractivity contribution < 1.29 is 4.79 Å². The summed E-state index contributed by atoms with van der Waals surface area (Å²) in [5.74, 6) is 1.27. The summed E-state index contributed by atoms with van der Waals surface area (Å²) >= 11 is 6.19. The van der Waals surface area contributed by atoms with E-state index in [0.29, 0.717) is 18.0 Å². The highest BCUT2D eigenvalue weighted by Crippen LogP contribution is 2.32. The molecule has 0 aliphatic carbocycles. The van der Waals surface area contributed by atoms with Crippen LogP contribution in [0, 0.1) is 11.8 Å². The number of piperidine rings is 1. The topological polar surface area (TPSA) is 26.8 Å². The lowest BCUT2D eigenvalue weighted by Crippen LogP contribution is -2.51. The van der Waals surface area contributed by atoms with E-state index in [2.05, 4.69) is 86.6 Å². The van der Waals surface area contributed by atoms with Crippen molar-refractivity contribution in [2.24, 2.45) is 11.8 Å². The third kappa shape index (κ3) is 11.5. The van der Waals surface area contributed by atoms with Gasteiger partial charge in [-0.1, -0.05) is 88.9 Å². The molecule has 4 atom stereocenters. The monoisotopic (exact) mass is 585 g/mol. The molecular formula is C36H60ClN3O. The molecule has 0 aromatic heterocycles. The number of unbranched alkanes of at least 4 members (excludes halogenated alkanes) is 1. The second-order valence-electron chi connectivity index (χ2n) is 12.2. The minimum atomic E-state index is 0.334. The van der Waals surface area contributed by atoms with Crippen molar-refractivity contribution in [3.8, 4) is 0 Å². The zero-order chi connectivity index (χ0) is 30.0. The summed E-state index contributed by atoms with van der Waals surface area (Å²) in [6.07, 6.45) is 18.7. The van der Waals surface area contributed by atoms with Crippen molar-refractivity contribution in [1.82, 2.24) is 9.80 Å². The van der Waals surface area contributed by atoms with Crippen LogP contribution >= 0.6 is 11.6 Å². The van der Waals surface area contributed by atoms with Crippen LogP contribution < -0.4 is 4.90 Å². The second kappa shape index (κ2) is 20.3. The maximum Gasteiger partial charge on any atom is 0.150 e. The number of halogens is 1. The van der Waals surface area contributed by atoms with E-state index in [1.165, 1.54) is 69.4 Å². The highest BCUT2D eigenvalue weighted by molar-refractivity contribution is 6.25. The van der Waals surface area contributed by atoms with Crippen LogP contribution in [0.1, 0.15) is 109 Å². The fourth-order valence-corrected chi connectivity index (χ4v) is 6.70. The Morgan fingerprint density at radius 3 is 2.46 bits per heavy atom. The summed E-state index contributed by atoms with van der Waals surface area (Å²) < 4.78 is 0. The molecule has 0 radical (unpaired) electrons. The Morgan fingerprint density at radius 1 is 1.02 bits per heavy atom. The number of nitrogens with zero attached hydrogens (tertiary/aromatic N) is 3. The summed E-state index contributed by atoms with van der Waals surface area (Å²) in [7, 11) is 0. The molecule has 41 heavy (non-hydrogen) atoms. The average molecular weight is 586 g/mol. The van der Waals surface area contributed by atoms with Gasteiger partial charge in [0.05, 0.1) is 0 Å². The van der Waals surface area contributed by atoms with E-state index >= 15 is 0 Å².